The number of rotatable bonds is 6. The van der Waals surface area contributed by atoms with E-state index in [-0.39, 0.29) is 5.97 Å². The summed E-state index contributed by atoms with van der Waals surface area (Å²) in [4.78, 5) is 12.6. The smallest absolute Gasteiger partial charge is 0.338 e. The Morgan fingerprint density at radius 1 is 1.44 bits per heavy atom. The maximum Gasteiger partial charge on any atom is 0.338 e. The van der Waals surface area contributed by atoms with E-state index in [1.165, 1.54) is 0 Å². The molecule has 0 aromatic heterocycles. The third-order valence-corrected chi connectivity index (χ3v) is 4.16. The molecule has 1 aromatic rings. The molecule has 3 nitrogen and oxygen atoms in total. The van der Waals surface area contributed by atoms with Crippen molar-refractivity contribution in [2.75, 3.05) is 18.1 Å². The molecule has 1 unspecified atom stereocenters. The number of benzene rings is 1. The SMILES string of the molecule is CCOC(=O)c1ccc(SCC(C)CC)c(N)c1. The van der Waals surface area contributed by atoms with E-state index in [4.69, 9.17) is 10.5 Å². The first kappa shape index (κ1) is 14.9. The van der Waals surface area contributed by atoms with E-state index in [0.29, 0.717) is 23.8 Å². The molecule has 1 atom stereocenters. The van der Waals surface area contributed by atoms with Crippen molar-refractivity contribution in [1.82, 2.24) is 0 Å². The Morgan fingerprint density at radius 3 is 2.72 bits per heavy atom. The van der Waals surface area contributed by atoms with E-state index in [0.717, 1.165) is 17.1 Å². The highest BCUT2D eigenvalue weighted by molar-refractivity contribution is 7.99. The molecule has 0 aliphatic carbocycles. The van der Waals surface area contributed by atoms with Crippen LogP contribution in [0.2, 0.25) is 0 Å². The first-order valence-electron chi connectivity index (χ1n) is 6.27. The summed E-state index contributed by atoms with van der Waals surface area (Å²) in [7, 11) is 0. The lowest BCUT2D eigenvalue weighted by Crippen LogP contribution is -2.05. The molecule has 0 amide bonds. The Bertz CT molecular complexity index is 407. The zero-order chi connectivity index (χ0) is 13.5. The highest BCUT2D eigenvalue weighted by Gasteiger charge is 2.10. The van der Waals surface area contributed by atoms with Gasteiger partial charge in [-0.2, -0.15) is 0 Å². The zero-order valence-electron chi connectivity index (χ0n) is 11.2. The maximum atomic E-state index is 11.5. The van der Waals surface area contributed by atoms with Gasteiger partial charge >= 0.3 is 5.97 Å². The molecule has 0 spiro atoms. The number of esters is 1. The molecule has 0 aliphatic rings. The Kier molecular flexibility index (Phi) is 6.05. The lowest BCUT2D eigenvalue weighted by Gasteiger charge is -2.10. The average molecular weight is 267 g/mol. The Morgan fingerprint density at radius 2 is 2.17 bits per heavy atom. The third kappa shape index (κ3) is 4.26. The first-order valence-corrected chi connectivity index (χ1v) is 7.26. The molecule has 0 radical (unpaired) electrons. The number of nitrogen functional groups attached to an aromatic ring is 1. The maximum absolute atomic E-state index is 11.5. The topological polar surface area (TPSA) is 52.3 Å². The minimum Gasteiger partial charge on any atom is -0.462 e. The van der Waals surface area contributed by atoms with Crippen LogP contribution in [0.15, 0.2) is 23.1 Å². The monoisotopic (exact) mass is 267 g/mol. The highest BCUT2D eigenvalue weighted by atomic mass is 32.2. The molecule has 0 heterocycles. The minimum absolute atomic E-state index is 0.317. The molecule has 100 valence electrons. The molecule has 1 rings (SSSR count). The quantitative estimate of drug-likeness (QED) is 0.486. The fourth-order valence-corrected chi connectivity index (χ4v) is 2.46. The van der Waals surface area contributed by atoms with Gasteiger partial charge in [-0.05, 0) is 31.0 Å². The van der Waals surface area contributed by atoms with Crippen molar-refractivity contribution >= 4 is 23.4 Å². The third-order valence-electron chi connectivity index (χ3n) is 2.74. The van der Waals surface area contributed by atoms with Crippen LogP contribution in [0.3, 0.4) is 0 Å². The van der Waals surface area contributed by atoms with Crippen LogP contribution in [0.4, 0.5) is 5.69 Å². The minimum atomic E-state index is -0.317. The van der Waals surface area contributed by atoms with Gasteiger partial charge in [0, 0.05) is 16.3 Å². The van der Waals surface area contributed by atoms with Crippen LogP contribution in [-0.2, 0) is 4.74 Å². The van der Waals surface area contributed by atoms with Crippen molar-refractivity contribution in [3.63, 3.8) is 0 Å². The Hall–Kier alpha value is -1.16. The molecule has 4 heteroatoms. The van der Waals surface area contributed by atoms with E-state index >= 15 is 0 Å². The average Bonchev–Trinajstić information content (AvgIpc) is 2.37. The number of anilines is 1. The van der Waals surface area contributed by atoms with Crippen molar-refractivity contribution in [2.45, 2.75) is 32.1 Å². The predicted octanol–water partition coefficient (Wildman–Crippen LogP) is 3.58. The summed E-state index contributed by atoms with van der Waals surface area (Å²) in [5.41, 5.74) is 7.12. The first-order chi connectivity index (χ1) is 8.58. The molecule has 0 fully saturated rings. The van der Waals surface area contributed by atoms with Gasteiger partial charge in [0.05, 0.1) is 12.2 Å². The van der Waals surface area contributed by atoms with Gasteiger partial charge in [-0.3, -0.25) is 0 Å². The van der Waals surface area contributed by atoms with Gasteiger partial charge in [-0.1, -0.05) is 20.3 Å². The summed E-state index contributed by atoms with van der Waals surface area (Å²) in [6, 6.07) is 5.36. The van der Waals surface area contributed by atoms with Gasteiger partial charge in [0.25, 0.3) is 0 Å². The number of hydrogen-bond donors (Lipinski definition) is 1. The molecular formula is C14H21NO2S. The fourth-order valence-electron chi connectivity index (χ4n) is 1.37. The van der Waals surface area contributed by atoms with Crippen molar-refractivity contribution in [3.05, 3.63) is 23.8 Å². The summed E-state index contributed by atoms with van der Waals surface area (Å²) in [5.74, 6) is 1.39. The predicted molar refractivity (Wildman–Crippen MR) is 77.0 cm³/mol. The lowest BCUT2D eigenvalue weighted by atomic mass is 10.2. The van der Waals surface area contributed by atoms with Crippen LogP contribution in [-0.4, -0.2) is 18.3 Å². The van der Waals surface area contributed by atoms with Crippen molar-refractivity contribution in [2.24, 2.45) is 5.92 Å². The van der Waals surface area contributed by atoms with Crippen LogP contribution >= 0.6 is 11.8 Å². The molecular weight excluding hydrogens is 246 g/mol. The van der Waals surface area contributed by atoms with Gasteiger partial charge in [-0.25, -0.2) is 4.79 Å². The van der Waals surface area contributed by atoms with Crippen LogP contribution < -0.4 is 5.73 Å². The van der Waals surface area contributed by atoms with E-state index in [9.17, 15) is 4.79 Å². The number of nitrogens with two attached hydrogens (primary N) is 1. The van der Waals surface area contributed by atoms with Crippen molar-refractivity contribution in [1.29, 1.82) is 0 Å². The number of thioether (sulfide) groups is 1. The van der Waals surface area contributed by atoms with Crippen LogP contribution in [0.1, 0.15) is 37.6 Å². The summed E-state index contributed by atoms with van der Waals surface area (Å²) in [6.45, 7) is 6.56. The van der Waals surface area contributed by atoms with Gasteiger partial charge in [-0.15, -0.1) is 11.8 Å². The zero-order valence-corrected chi connectivity index (χ0v) is 12.0. The lowest BCUT2D eigenvalue weighted by molar-refractivity contribution is 0.0526. The fraction of sp³-hybridized carbons (Fsp3) is 0.500. The van der Waals surface area contributed by atoms with Gasteiger partial charge in [0.2, 0.25) is 0 Å². The molecule has 0 aliphatic heterocycles. The van der Waals surface area contributed by atoms with Crippen LogP contribution in [0.25, 0.3) is 0 Å². The van der Waals surface area contributed by atoms with Crippen molar-refractivity contribution < 1.29 is 9.53 Å². The summed E-state index contributed by atoms with van der Waals surface area (Å²) >= 11 is 1.74. The number of carbonyl (C=O) groups is 1. The largest absolute Gasteiger partial charge is 0.462 e. The molecule has 0 saturated carbocycles. The van der Waals surface area contributed by atoms with E-state index < -0.39 is 0 Å². The molecule has 0 bridgehead atoms. The molecule has 1 aromatic carbocycles. The second-order valence-electron chi connectivity index (χ2n) is 4.30. The number of hydrogen-bond acceptors (Lipinski definition) is 4. The van der Waals surface area contributed by atoms with Crippen LogP contribution in [0, 0.1) is 5.92 Å². The van der Waals surface area contributed by atoms with E-state index in [1.807, 2.05) is 6.07 Å². The van der Waals surface area contributed by atoms with Crippen LogP contribution in [0.5, 0.6) is 0 Å². The van der Waals surface area contributed by atoms with E-state index in [1.54, 1.807) is 30.8 Å². The Balaban J connectivity index is 2.70. The summed E-state index contributed by atoms with van der Waals surface area (Å²) in [5, 5.41) is 0. The molecule has 2 N–H and O–H groups in total. The van der Waals surface area contributed by atoms with Gasteiger partial charge in [0.1, 0.15) is 0 Å². The highest BCUT2D eigenvalue weighted by Crippen LogP contribution is 2.28. The second-order valence-corrected chi connectivity index (χ2v) is 5.36. The van der Waals surface area contributed by atoms with Crippen molar-refractivity contribution in [3.8, 4) is 0 Å². The second kappa shape index (κ2) is 7.31. The summed E-state index contributed by atoms with van der Waals surface area (Å²) < 4.78 is 4.94. The number of carbonyl (C=O) groups excluding carboxylic acids is 1. The van der Waals surface area contributed by atoms with Gasteiger partial charge in [0.15, 0.2) is 0 Å². The standard InChI is InChI=1S/C14H21NO2S/c1-4-10(3)9-18-13-7-6-11(8-12(13)15)14(16)17-5-2/h6-8,10H,4-5,9,15H2,1-3H3. The Labute approximate surface area is 113 Å². The molecule has 18 heavy (non-hydrogen) atoms. The summed E-state index contributed by atoms with van der Waals surface area (Å²) in [6.07, 6.45) is 1.16. The normalized spacial score (nSPS) is 12.2. The number of ether oxygens (including phenoxy) is 1. The van der Waals surface area contributed by atoms with E-state index in [2.05, 4.69) is 13.8 Å². The molecule has 0 saturated heterocycles. The van der Waals surface area contributed by atoms with Gasteiger partial charge < -0.3 is 10.5 Å².